The smallest absolute Gasteiger partial charge is 0.0771 e. The first kappa shape index (κ1) is 30.9. The van der Waals surface area contributed by atoms with Crippen molar-refractivity contribution in [1.29, 1.82) is 0 Å². The fourth-order valence-electron chi connectivity index (χ4n) is 3.14. The van der Waals surface area contributed by atoms with E-state index in [9.17, 15) is 0 Å². The molecule has 2 aliphatic carbocycles. The van der Waals surface area contributed by atoms with Gasteiger partial charge in [0.2, 0.25) is 0 Å². The molecule has 1 radical (unpaired) electrons. The minimum Gasteiger partial charge on any atom is -1.00 e. The van der Waals surface area contributed by atoms with Crippen molar-refractivity contribution in [2.75, 3.05) is 0 Å². The van der Waals surface area contributed by atoms with Crippen LogP contribution in [0.15, 0.2) is 45.1 Å². The Morgan fingerprint density at radius 2 is 0.750 bits per heavy atom. The molecule has 2 aliphatic rings. The Bertz CT molecular complexity index is 588. The van der Waals surface area contributed by atoms with Gasteiger partial charge in [0.15, 0.2) is 0 Å². The molecule has 6 heteroatoms. The van der Waals surface area contributed by atoms with E-state index in [0.717, 1.165) is 0 Å². The molecule has 0 unspecified atom stereocenters. The van der Waals surface area contributed by atoms with Crippen LogP contribution in [-0.2, 0) is 18.6 Å². The molecule has 0 heterocycles. The standard InChI is InChI=1S/2C11H22Si2.ClH.V/c2*1-12(2,3)10-7-8-11(9-10)13(4,5)6;;/h2*7,9H,8H2,1-6H3;1H;/p-1. The fraction of sp³-hybridized carbons (Fsp3) is 0.636. The summed E-state index contributed by atoms with van der Waals surface area (Å²) in [5.74, 6) is 0. The first-order valence-electron chi connectivity index (χ1n) is 10.3. The van der Waals surface area contributed by atoms with E-state index in [4.69, 9.17) is 0 Å². The van der Waals surface area contributed by atoms with Crippen LogP contribution < -0.4 is 12.4 Å². The van der Waals surface area contributed by atoms with Crippen LogP contribution in [-0.4, -0.2) is 32.3 Å². The van der Waals surface area contributed by atoms with Gasteiger partial charge < -0.3 is 12.4 Å². The van der Waals surface area contributed by atoms with Crippen molar-refractivity contribution in [3.05, 3.63) is 45.1 Å². The van der Waals surface area contributed by atoms with Gasteiger partial charge in [0, 0.05) is 18.6 Å². The largest absolute Gasteiger partial charge is 1.00 e. The molecular weight excluding hydrogens is 463 g/mol. The van der Waals surface area contributed by atoms with Gasteiger partial charge in [-0.3, -0.25) is 0 Å². The van der Waals surface area contributed by atoms with E-state index in [0.29, 0.717) is 0 Å². The van der Waals surface area contributed by atoms with Gasteiger partial charge in [0.25, 0.3) is 0 Å². The van der Waals surface area contributed by atoms with Gasteiger partial charge in [0.1, 0.15) is 0 Å². The molecule has 28 heavy (non-hydrogen) atoms. The molecule has 0 aromatic carbocycles. The molecule has 0 spiro atoms. The molecule has 0 saturated heterocycles. The van der Waals surface area contributed by atoms with Crippen LogP contribution in [0.3, 0.4) is 0 Å². The first-order valence-corrected chi connectivity index (χ1v) is 24.3. The molecule has 0 saturated carbocycles. The summed E-state index contributed by atoms with van der Waals surface area (Å²) in [5.41, 5.74) is 0. The third kappa shape index (κ3) is 9.67. The average molecular weight is 507 g/mol. The molecule has 0 aliphatic heterocycles. The third-order valence-electron chi connectivity index (χ3n) is 5.40. The van der Waals surface area contributed by atoms with E-state index >= 15 is 0 Å². The number of hydrogen-bond acceptors (Lipinski definition) is 0. The molecule has 0 atom stereocenters. The van der Waals surface area contributed by atoms with Crippen LogP contribution in [0, 0.1) is 0 Å². The molecule has 161 valence electrons. The number of allylic oxidation sites excluding steroid dienone is 8. The second-order valence-corrected chi connectivity index (χ2v) is 32.5. The van der Waals surface area contributed by atoms with Crippen LogP contribution in [0.4, 0.5) is 0 Å². The molecule has 0 bridgehead atoms. The van der Waals surface area contributed by atoms with Gasteiger partial charge in [0.05, 0.1) is 32.3 Å². The molecule has 0 fully saturated rings. The number of rotatable bonds is 4. The molecule has 0 nitrogen and oxygen atoms in total. The van der Waals surface area contributed by atoms with Crippen molar-refractivity contribution in [2.24, 2.45) is 0 Å². The summed E-state index contributed by atoms with van der Waals surface area (Å²) in [7, 11) is -4.10. The Morgan fingerprint density at radius 3 is 0.857 bits per heavy atom. The van der Waals surface area contributed by atoms with Crippen LogP contribution in [0.25, 0.3) is 0 Å². The second kappa shape index (κ2) is 10.8. The maximum Gasteiger partial charge on any atom is 0.0771 e. The van der Waals surface area contributed by atoms with Crippen molar-refractivity contribution in [3.63, 3.8) is 0 Å². The molecule has 0 aromatic rings. The quantitative estimate of drug-likeness (QED) is 0.471. The average Bonchev–Trinajstić information content (AvgIpc) is 3.06. The van der Waals surface area contributed by atoms with Gasteiger partial charge in [-0.05, 0) is 12.8 Å². The predicted octanol–water partition coefficient (Wildman–Crippen LogP) is 5.00. The van der Waals surface area contributed by atoms with Crippen molar-refractivity contribution in [2.45, 2.75) is 91.4 Å². The Kier molecular flexibility index (Phi) is 12.0. The van der Waals surface area contributed by atoms with Gasteiger partial charge in [-0.15, -0.1) is 0 Å². The fourth-order valence-corrected chi connectivity index (χ4v) is 8.68. The Balaban J connectivity index is 0. The second-order valence-electron chi connectivity index (χ2n) is 12.1. The molecule has 0 N–H and O–H groups in total. The molecule has 0 amide bonds. The predicted molar refractivity (Wildman–Crippen MR) is 135 cm³/mol. The van der Waals surface area contributed by atoms with Crippen molar-refractivity contribution < 1.29 is 31.0 Å². The normalized spacial score (nSPS) is 17.3. The molecular formula is C22H44ClSi4V-. The maximum atomic E-state index is 2.51. The zero-order valence-electron chi connectivity index (χ0n) is 20.5. The van der Waals surface area contributed by atoms with E-state index in [2.05, 4.69) is 103 Å². The summed E-state index contributed by atoms with van der Waals surface area (Å²) < 4.78 is 0. The summed E-state index contributed by atoms with van der Waals surface area (Å²) in [6, 6.07) is 0. The van der Waals surface area contributed by atoms with Crippen LogP contribution in [0.5, 0.6) is 0 Å². The monoisotopic (exact) mass is 506 g/mol. The van der Waals surface area contributed by atoms with Crippen molar-refractivity contribution in [3.8, 4) is 0 Å². The zero-order valence-corrected chi connectivity index (χ0v) is 26.7. The van der Waals surface area contributed by atoms with Gasteiger partial charge in [-0.2, -0.15) is 0 Å². The minimum atomic E-state index is -1.04. The number of halogens is 1. The Labute approximate surface area is 198 Å². The Hall–Kier alpha value is 0.702. The topological polar surface area (TPSA) is 0 Å². The summed E-state index contributed by atoms with van der Waals surface area (Å²) >= 11 is 0. The molecule has 2 rings (SSSR count). The van der Waals surface area contributed by atoms with Crippen LogP contribution >= 0.6 is 0 Å². The summed E-state index contributed by atoms with van der Waals surface area (Å²) in [6.45, 7) is 29.3. The summed E-state index contributed by atoms with van der Waals surface area (Å²) in [6.07, 6.45) is 12.5. The molecule has 0 aromatic heterocycles. The maximum absolute atomic E-state index is 2.51. The van der Waals surface area contributed by atoms with Gasteiger partial charge in [-0.1, -0.05) is 124 Å². The van der Waals surface area contributed by atoms with Gasteiger partial charge in [-0.25, -0.2) is 0 Å². The first-order chi connectivity index (χ1) is 11.4. The van der Waals surface area contributed by atoms with Crippen LogP contribution in [0.1, 0.15) is 12.8 Å². The van der Waals surface area contributed by atoms with E-state index in [1.807, 2.05) is 0 Å². The zero-order chi connectivity index (χ0) is 20.6. The summed E-state index contributed by atoms with van der Waals surface area (Å²) in [4.78, 5) is 0. The minimum absolute atomic E-state index is 0. The summed E-state index contributed by atoms with van der Waals surface area (Å²) in [5, 5.41) is 6.82. The number of hydrogen-bond donors (Lipinski definition) is 0. The van der Waals surface area contributed by atoms with E-state index in [1.54, 1.807) is 20.8 Å². The van der Waals surface area contributed by atoms with Gasteiger partial charge >= 0.3 is 0 Å². The SMILES string of the molecule is C[Si](C)(C)C1=CCC([Si](C)(C)C)=C1.C[Si](C)(C)C1=CCC([Si](C)(C)C)=C1.[Cl-].[V]. The van der Waals surface area contributed by atoms with E-state index in [1.165, 1.54) is 12.8 Å². The van der Waals surface area contributed by atoms with Crippen LogP contribution in [0.2, 0.25) is 78.6 Å². The Morgan fingerprint density at radius 1 is 0.500 bits per heavy atom. The van der Waals surface area contributed by atoms with Crippen molar-refractivity contribution >= 4 is 32.3 Å². The van der Waals surface area contributed by atoms with E-state index < -0.39 is 32.3 Å². The third-order valence-corrected chi connectivity index (χ3v) is 14.1. The van der Waals surface area contributed by atoms with Crippen molar-refractivity contribution in [1.82, 2.24) is 0 Å². The van der Waals surface area contributed by atoms with E-state index in [-0.39, 0.29) is 31.0 Å².